The molecule has 9 heteroatoms. The number of carbonyl (C=O) groups excluding carboxylic acids is 1. The topological polar surface area (TPSA) is 54.4 Å². The first-order valence-electron chi connectivity index (χ1n) is 8.88. The van der Waals surface area contributed by atoms with Gasteiger partial charge in [0.15, 0.2) is 5.84 Å². The van der Waals surface area contributed by atoms with Crippen molar-refractivity contribution < 1.29 is 14.4 Å². The number of methoxy groups -OCH3 is 1. The van der Waals surface area contributed by atoms with Gasteiger partial charge in [0, 0.05) is 13.1 Å². The maximum atomic E-state index is 13.0. The number of ether oxygens (including phenoxy) is 1. The third kappa shape index (κ3) is 2.79. The minimum absolute atomic E-state index is 0.0879. The third-order valence-electron chi connectivity index (χ3n) is 5.03. The molecule has 0 bridgehead atoms. The highest BCUT2D eigenvalue weighted by Crippen LogP contribution is 2.53. The Morgan fingerprint density at radius 1 is 1.14 bits per heavy atom. The number of oxime groups is 1. The minimum Gasteiger partial charge on any atom is -0.497 e. The quantitative estimate of drug-likeness (QED) is 0.658. The summed E-state index contributed by atoms with van der Waals surface area (Å²) in [5.74, 6) is 1.21. The number of nitrogens with zero attached hydrogens (tertiary/aromatic N) is 3. The van der Waals surface area contributed by atoms with Crippen LogP contribution in [0.25, 0.3) is 6.08 Å². The van der Waals surface area contributed by atoms with E-state index in [4.69, 9.17) is 32.8 Å². The second-order valence-corrected chi connectivity index (χ2v) is 8.63. The molecule has 29 heavy (non-hydrogen) atoms. The molecule has 0 aromatic heterocycles. The van der Waals surface area contributed by atoms with Gasteiger partial charge in [0.25, 0.3) is 5.91 Å². The van der Waals surface area contributed by atoms with Gasteiger partial charge in [-0.15, -0.1) is 0 Å². The molecule has 1 atom stereocenters. The highest BCUT2D eigenvalue weighted by Gasteiger charge is 2.64. The standard InChI is InChI=1S/C20H15Cl2N3O3S/c1-27-13-7-5-12(6-8-13)11-16-19(26)25-10-9-24-18(23-28-20(24,25)29-16)17-14(21)3-2-4-15(17)22/h2-8,11H,9-10H2,1H3/b16-11-. The Hall–Kier alpha value is -2.35. The summed E-state index contributed by atoms with van der Waals surface area (Å²) < 4.78 is 5.19. The predicted octanol–water partition coefficient (Wildman–Crippen LogP) is 4.24. The number of hydrogen-bond donors (Lipinski definition) is 0. The molecule has 0 radical (unpaired) electrons. The van der Waals surface area contributed by atoms with Gasteiger partial charge in [-0.25, -0.2) is 0 Å². The van der Waals surface area contributed by atoms with Gasteiger partial charge in [0.2, 0.25) is 0 Å². The summed E-state index contributed by atoms with van der Waals surface area (Å²) in [6.07, 6.45) is 1.85. The molecule has 2 aromatic carbocycles. The molecule has 0 saturated carbocycles. The average Bonchev–Trinajstić information content (AvgIpc) is 3.32. The first-order chi connectivity index (χ1) is 14.0. The van der Waals surface area contributed by atoms with E-state index in [1.165, 1.54) is 11.8 Å². The normalized spacial score (nSPS) is 23.9. The summed E-state index contributed by atoms with van der Waals surface area (Å²) in [5, 5.41) is 4.19. The smallest absolute Gasteiger partial charge is 0.348 e. The fraction of sp³-hybridized carbons (Fsp3) is 0.200. The lowest BCUT2D eigenvalue weighted by Crippen LogP contribution is -2.48. The lowest BCUT2D eigenvalue weighted by atomic mass is 10.2. The van der Waals surface area contributed by atoms with Crippen molar-refractivity contribution in [2.24, 2.45) is 5.16 Å². The van der Waals surface area contributed by atoms with Gasteiger partial charge < -0.3 is 9.57 Å². The second-order valence-electron chi connectivity index (χ2n) is 6.64. The van der Waals surface area contributed by atoms with Crippen LogP contribution in [0.2, 0.25) is 10.0 Å². The van der Waals surface area contributed by atoms with Crippen molar-refractivity contribution in [3.8, 4) is 5.75 Å². The Labute approximate surface area is 181 Å². The molecular weight excluding hydrogens is 433 g/mol. The Morgan fingerprint density at radius 2 is 1.83 bits per heavy atom. The molecule has 148 valence electrons. The van der Waals surface area contributed by atoms with Crippen LogP contribution in [0.4, 0.5) is 0 Å². The predicted molar refractivity (Wildman–Crippen MR) is 114 cm³/mol. The number of rotatable bonds is 3. The van der Waals surface area contributed by atoms with Crippen molar-refractivity contribution in [3.63, 3.8) is 0 Å². The maximum Gasteiger partial charge on any atom is 0.348 e. The molecule has 3 heterocycles. The van der Waals surface area contributed by atoms with Gasteiger partial charge in [-0.2, -0.15) is 0 Å². The van der Waals surface area contributed by atoms with Crippen LogP contribution >= 0.6 is 35.0 Å². The zero-order chi connectivity index (χ0) is 20.2. The van der Waals surface area contributed by atoms with Crippen LogP contribution in [0.3, 0.4) is 0 Å². The van der Waals surface area contributed by atoms with Crippen LogP contribution in [0, 0.1) is 0 Å². The number of thioether (sulfide) groups is 1. The van der Waals surface area contributed by atoms with Gasteiger partial charge in [0.05, 0.1) is 27.6 Å². The summed E-state index contributed by atoms with van der Waals surface area (Å²) in [4.78, 5) is 23.1. The molecule has 0 aliphatic carbocycles. The molecule has 2 fully saturated rings. The van der Waals surface area contributed by atoms with E-state index < -0.39 is 5.18 Å². The Bertz CT molecular complexity index is 1050. The first-order valence-corrected chi connectivity index (χ1v) is 10.5. The van der Waals surface area contributed by atoms with Gasteiger partial charge in [-0.05, 0) is 47.7 Å². The fourth-order valence-electron chi connectivity index (χ4n) is 3.63. The second kappa shape index (κ2) is 6.86. The molecule has 5 rings (SSSR count). The van der Waals surface area contributed by atoms with E-state index in [0.717, 1.165) is 11.3 Å². The van der Waals surface area contributed by atoms with Gasteiger partial charge in [0.1, 0.15) is 5.75 Å². The lowest BCUT2D eigenvalue weighted by molar-refractivity contribution is -0.144. The van der Waals surface area contributed by atoms with Crippen molar-refractivity contribution in [1.82, 2.24) is 9.80 Å². The summed E-state index contributed by atoms with van der Waals surface area (Å²) in [6, 6.07) is 12.8. The molecule has 3 aliphatic heterocycles. The van der Waals surface area contributed by atoms with Crippen LogP contribution in [0.15, 0.2) is 52.5 Å². The molecule has 1 spiro atoms. The lowest BCUT2D eigenvalue weighted by Gasteiger charge is -2.29. The van der Waals surface area contributed by atoms with Crippen LogP contribution in [-0.2, 0) is 9.63 Å². The average molecular weight is 448 g/mol. The maximum absolute atomic E-state index is 13.0. The van der Waals surface area contributed by atoms with E-state index >= 15 is 0 Å². The number of benzene rings is 2. The van der Waals surface area contributed by atoms with Crippen molar-refractivity contribution in [2.75, 3.05) is 20.2 Å². The van der Waals surface area contributed by atoms with Crippen molar-refractivity contribution in [3.05, 3.63) is 68.5 Å². The van der Waals surface area contributed by atoms with E-state index in [2.05, 4.69) is 5.16 Å². The summed E-state index contributed by atoms with van der Waals surface area (Å²) in [5.41, 5.74) is 1.51. The van der Waals surface area contributed by atoms with E-state index in [1.807, 2.05) is 35.2 Å². The first kappa shape index (κ1) is 18.7. The minimum atomic E-state index is -1.03. The number of amidine groups is 1. The SMILES string of the molecule is COc1ccc(/C=C2\SC34ON=C(c5c(Cl)cccc5Cl)N3CCN4C2=O)cc1. The number of hydrogen-bond acceptors (Lipinski definition) is 6. The number of carbonyl (C=O) groups is 1. The van der Waals surface area contributed by atoms with Crippen LogP contribution in [-0.4, -0.2) is 46.9 Å². The highest BCUT2D eigenvalue weighted by molar-refractivity contribution is 8.05. The van der Waals surface area contributed by atoms with Crippen molar-refractivity contribution in [1.29, 1.82) is 0 Å². The number of halogens is 2. The molecule has 2 aromatic rings. The van der Waals surface area contributed by atoms with Crippen molar-refractivity contribution in [2.45, 2.75) is 5.18 Å². The Balaban J connectivity index is 1.48. The van der Waals surface area contributed by atoms with Gasteiger partial charge >= 0.3 is 5.18 Å². The van der Waals surface area contributed by atoms with Crippen LogP contribution in [0.1, 0.15) is 11.1 Å². The van der Waals surface area contributed by atoms with E-state index in [9.17, 15) is 4.79 Å². The van der Waals surface area contributed by atoms with Gasteiger partial charge in [-0.3, -0.25) is 14.6 Å². The molecule has 3 aliphatic rings. The molecule has 0 N–H and O–H groups in total. The third-order valence-corrected chi connectivity index (χ3v) is 6.96. The van der Waals surface area contributed by atoms with Gasteiger partial charge in [-0.1, -0.05) is 46.6 Å². The summed E-state index contributed by atoms with van der Waals surface area (Å²) in [7, 11) is 1.62. The zero-order valence-corrected chi connectivity index (χ0v) is 17.6. The fourth-order valence-corrected chi connectivity index (χ4v) is 5.52. The molecule has 6 nitrogen and oxygen atoms in total. The Morgan fingerprint density at radius 3 is 2.52 bits per heavy atom. The van der Waals surface area contributed by atoms with E-state index in [0.29, 0.717) is 39.4 Å². The summed E-state index contributed by atoms with van der Waals surface area (Å²) in [6.45, 7) is 1.10. The molecule has 1 amide bonds. The largest absolute Gasteiger partial charge is 0.497 e. The number of amides is 1. The molecule has 1 unspecified atom stereocenters. The molecular formula is C20H15Cl2N3O3S. The van der Waals surface area contributed by atoms with E-state index in [1.54, 1.807) is 30.2 Å². The Kier molecular flexibility index (Phi) is 4.42. The molecule has 2 saturated heterocycles. The summed E-state index contributed by atoms with van der Waals surface area (Å²) >= 11 is 14.1. The zero-order valence-electron chi connectivity index (χ0n) is 15.3. The van der Waals surface area contributed by atoms with E-state index in [-0.39, 0.29) is 5.91 Å². The van der Waals surface area contributed by atoms with Crippen molar-refractivity contribution >= 4 is 52.8 Å². The monoisotopic (exact) mass is 447 g/mol. The highest BCUT2D eigenvalue weighted by atomic mass is 35.5. The van der Waals surface area contributed by atoms with Crippen LogP contribution in [0.5, 0.6) is 5.75 Å². The van der Waals surface area contributed by atoms with Crippen LogP contribution < -0.4 is 4.74 Å².